The van der Waals surface area contributed by atoms with Gasteiger partial charge in [-0.05, 0) is 35.9 Å². The second-order valence-electron chi connectivity index (χ2n) is 5.16. The lowest BCUT2D eigenvalue weighted by molar-refractivity contribution is 0.252. The lowest BCUT2D eigenvalue weighted by atomic mass is 10.0. The Morgan fingerprint density at radius 2 is 1.83 bits per heavy atom. The van der Waals surface area contributed by atoms with Crippen molar-refractivity contribution in [1.82, 2.24) is 5.32 Å². The minimum atomic E-state index is -4.40. The van der Waals surface area contributed by atoms with Gasteiger partial charge in [0, 0.05) is 30.0 Å². The predicted octanol–water partition coefficient (Wildman–Crippen LogP) is 1.71. The van der Waals surface area contributed by atoms with Gasteiger partial charge in [0.05, 0.1) is 0 Å². The predicted molar refractivity (Wildman–Crippen MR) is 86.8 cm³/mol. The molecule has 8 heteroatoms. The number of carbonyl (C=O) groups excluding carboxylic acids is 1. The zero-order valence-electron chi connectivity index (χ0n) is 12.1. The summed E-state index contributed by atoms with van der Waals surface area (Å²) in [5, 5.41) is 2.68. The Labute approximate surface area is 133 Å². The molecule has 0 aromatic heterocycles. The second-order valence-corrected chi connectivity index (χ2v) is 6.55. The maximum absolute atomic E-state index is 11.8. The van der Waals surface area contributed by atoms with Crippen LogP contribution in [-0.2, 0) is 10.1 Å². The van der Waals surface area contributed by atoms with Crippen LogP contribution >= 0.6 is 0 Å². The lowest BCUT2D eigenvalue weighted by Gasteiger charge is -2.17. The summed E-state index contributed by atoms with van der Waals surface area (Å²) in [5.74, 6) is 0. The number of nitrogen functional groups attached to an aromatic ring is 1. The van der Waals surface area contributed by atoms with Gasteiger partial charge in [-0.2, -0.15) is 8.42 Å². The van der Waals surface area contributed by atoms with E-state index in [1.54, 1.807) is 30.3 Å². The highest BCUT2D eigenvalue weighted by Gasteiger charge is 2.24. The molecule has 1 aliphatic rings. The molecule has 0 aliphatic carbocycles. The van der Waals surface area contributed by atoms with Gasteiger partial charge in [0.2, 0.25) is 0 Å². The number of carbonyl (C=O) groups is 1. The molecule has 23 heavy (non-hydrogen) atoms. The van der Waals surface area contributed by atoms with Crippen LogP contribution in [0.25, 0.3) is 11.1 Å². The van der Waals surface area contributed by atoms with Crippen molar-refractivity contribution in [2.75, 3.05) is 23.7 Å². The summed E-state index contributed by atoms with van der Waals surface area (Å²) in [5.41, 5.74) is 7.63. The summed E-state index contributed by atoms with van der Waals surface area (Å²) < 4.78 is 32.7. The zero-order valence-corrected chi connectivity index (χ0v) is 12.9. The van der Waals surface area contributed by atoms with E-state index in [0.29, 0.717) is 35.6 Å². The monoisotopic (exact) mass is 333 g/mol. The van der Waals surface area contributed by atoms with Gasteiger partial charge in [-0.3, -0.25) is 9.45 Å². The fraction of sp³-hybridized carbons (Fsp3) is 0.133. The van der Waals surface area contributed by atoms with Gasteiger partial charge in [-0.15, -0.1) is 0 Å². The summed E-state index contributed by atoms with van der Waals surface area (Å²) >= 11 is 0. The number of nitrogens with two attached hydrogens (primary N) is 1. The maximum atomic E-state index is 11.8. The first kappa shape index (κ1) is 15.3. The van der Waals surface area contributed by atoms with Crippen molar-refractivity contribution in [2.45, 2.75) is 4.90 Å². The van der Waals surface area contributed by atoms with Crippen LogP contribution in [0, 0.1) is 0 Å². The third kappa shape index (κ3) is 2.99. The Balaban J connectivity index is 2.16. The van der Waals surface area contributed by atoms with E-state index in [1.165, 1.54) is 17.0 Å². The van der Waals surface area contributed by atoms with E-state index in [0.717, 1.165) is 0 Å². The maximum Gasteiger partial charge on any atom is 0.321 e. The van der Waals surface area contributed by atoms with Crippen LogP contribution in [0.15, 0.2) is 47.4 Å². The van der Waals surface area contributed by atoms with Crippen molar-refractivity contribution < 1.29 is 17.8 Å². The number of anilines is 2. The first-order valence-electron chi connectivity index (χ1n) is 6.89. The van der Waals surface area contributed by atoms with E-state index in [1.807, 2.05) is 0 Å². The van der Waals surface area contributed by atoms with Gasteiger partial charge in [0.25, 0.3) is 10.1 Å². The molecule has 0 atom stereocenters. The molecule has 120 valence electrons. The van der Waals surface area contributed by atoms with Gasteiger partial charge in [-0.25, -0.2) is 4.79 Å². The van der Waals surface area contributed by atoms with E-state index >= 15 is 0 Å². The lowest BCUT2D eigenvalue weighted by Crippen LogP contribution is -2.27. The highest BCUT2D eigenvalue weighted by atomic mass is 32.2. The third-order valence-corrected chi connectivity index (χ3v) is 4.54. The van der Waals surface area contributed by atoms with Crippen LogP contribution in [-0.4, -0.2) is 32.1 Å². The average molecular weight is 333 g/mol. The van der Waals surface area contributed by atoms with E-state index in [2.05, 4.69) is 5.32 Å². The molecule has 2 aromatic rings. The molecule has 0 radical (unpaired) electrons. The molecule has 2 amide bonds. The van der Waals surface area contributed by atoms with Crippen LogP contribution in [0.4, 0.5) is 16.2 Å². The SMILES string of the molecule is Nc1ccc(-c2cc(N3CCNC3=O)ccc2S(=O)(=O)O)cc1. The molecule has 3 rings (SSSR count). The van der Waals surface area contributed by atoms with Crippen molar-refractivity contribution in [1.29, 1.82) is 0 Å². The van der Waals surface area contributed by atoms with Gasteiger partial charge in [0.15, 0.2) is 0 Å². The highest BCUT2D eigenvalue weighted by molar-refractivity contribution is 7.86. The Hall–Kier alpha value is -2.58. The normalized spacial score (nSPS) is 14.8. The summed E-state index contributed by atoms with van der Waals surface area (Å²) in [7, 11) is -4.40. The first-order valence-corrected chi connectivity index (χ1v) is 8.33. The van der Waals surface area contributed by atoms with E-state index in [4.69, 9.17) is 5.73 Å². The number of nitrogens with one attached hydrogen (secondary N) is 1. The van der Waals surface area contributed by atoms with Gasteiger partial charge in [0.1, 0.15) is 4.90 Å². The van der Waals surface area contributed by atoms with Crippen molar-refractivity contribution in [3.05, 3.63) is 42.5 Å². The average Bonchev–Trinajstić information content (AvgIpc) is 2.93. The van der Waals surface area contributed by atoms with Crippen LogP contribution in [0.2, 0.25) is 0 Å². The largest absolute Gasteiger partial charge is 0.399 e. The molecule has 0 unspecified atom stereocenters. The highest BCUT2D eigenvalue weighted by Crippen LogP contribution is 2.32. The number of hydrogen-bond donors (Lipinski definition) is 3. The standard InChI is InChI=1S/C15H15N3O4S/c16-11-3-1-10(2-4-11)13-9-12(18-8-7-17-15(18)19)5-6-14(13)23(20,21)22/h1-6,9H,7-8,16H2,(H,17,19)(H,20,21,22). The molecular formula is C15H15N3O4S. The number of rotatable bonds is 3. The Kier molecular flexibility index (Phi) is 3.70. The van der Waals surface area contributed by atoms with Gasteiger partial charge >= 0.3 is 6.03 Å². The molecule has 4 N–H and O–H groups in total. The molecule has 0 saturated carbocycles. The van der Waals surface area contributed by atoms with Gasteiger partial charge < -0.3 is 11.1 Å². The van der Waals surface area contributed by atoms with Gasteiger partial charge in [-0.1, -0.05) is 12.1 Å². The number of benzene rings is 2. The van der Waals surface area contributed by atoms with E-state index in [-0.39, 0.29) is 10.9 Å². The van der Waals surface area contributed by atoms with E-state index in [9.17, 15) is 17.8 Å². The molecule has 0 bridgehead atoms. The summed E-state index contributed by atoms with van der Waals surface area (Å²) in [6.07, 6.45) is 0. The molecule has 1 saturated heterocycles. The topological polar surface area (TPSA) is 113 Å². The summed E-state index contributed by atoms with van der Waals surface area (Å²) in [4.78, 5) is 13.1. The van der Waals surface area contributed by atoms with E-state index < -0.39 is 10.1 Å². The number of hydrogen-bond acceptors (Lipinski definition) is 4. The smallest absolute Gasteiger partial charge is 0.321 e. The molecule has 1 fully saturated rings. The second kappa shape index (κ2) is 5.56. The number of amides is 2. The van der Waals surface area contributed by atoms with Crippen molar-refractivity contribution in [3.63, 3.8) is 0 Å². The first-order chi connectivity index (χ1) is 10.9. The molecule has 1 heterocycles. The number of nitrogens with zero attached hydrogens (tertiary/aromatic N) is 1. The Bertz CT molecular complexity index is 863. The minimum absolute atomic E-state index is 0.217. The number of urea groups is 1. The van der Waals surface area contributed by atoms with Crippen molar-refractivity contribution >= 4 is 27.5 Å². The fourth-order valence-electron chi connectivity index (χ4n) is 2.52. The molecular weight excluding hydrogens is 318 g/mol. The zero-order chi connectivity index (χ0) is 16.6. The van der Waals surface area contributed by atoms with Crippen LogP contribution < -0.4 is 16.0 Å². The van der Waals surface area contributed by atoms with Crippen LogP contribution in [0.1, 0.15) is 0 Å². The minimum Gasteiger partial charge on any atom is -0.399 e. The summed E-state index contributed by atoms with van der Waals surface area (Å²) in [6, 6.07) is 10.7. The summed E-state index contributed by atoms with van der Waals surface area (Å²) in [6.45, 7) is 1.02. The van der Waals surface area contributed by atoms with Crippen molar-refractivity contribution in [3.8, 4) is 11.1 Å². The quantitative estimate of drug-likeness (QED) is 0.584. The third-order valence-electron chi connectivity index (χ3n) is 3.63. The molecule has 1 aliphatic heterocycles. The molecule has 7 nitrogen and oxygen atoms in total. The Morgan fingerprint density at radius 3 is 2.39 bits per heavy atom. The fourth-order valence-corrected chi connectivity index (χ4v) is 3.21. The van der Waals surface area contributed by atoms with Crippen LogP contribution in [0.3, 0.4) is 0 Å². The van der Waals surface area contributed by atoms with Crippen LogP contribution in [0.5, 0.6) is 0 Å². The molecule has 0 spiro atoms. The molecule has 2 aromatic carbocycles. The Morgan fingerprint density at radius 1 is 1.13 bits per heavy atom. The van der Waals surface area contributed by atoms with Crippen molar-refractivity contribution in [2.24, 2.45) is 0 Å².